The van der Waals surface area contributed by atoms with Crippen molar-refractivity contribution in [2.24, 2.45) is 5.92 Å². The van der Waals surface area contributed by atoms with Crippen molar-refractivity contribution in [2.75, 3.05) is 6.54 Å². The summed E-state index contributed by atoms with van der Waals surface area (Å²) in [6, 6.07) is 25.1. The lowest BCUT2D eigenvalue weighted by molar-refractivity contribution is -0.121. The van der Waals surface area contributed by atoms with Gasteiger partial charge >= 0.3 is 0 Å². The van der Waals surface area contributed by atoms with Crippen LogP contribution in [0.5, 0.6) is 0 Å². The SMILES string of the molecule is O=C(Cc1ccc(CC2CCCCCCCCC2)cc1)NCCCCC1NC2c3cccccccc(c3)C2C1=O. The summed E-state index contributed by atoms with van der Waals surface area (Å²) in [5, 5.41) is 6.69. The van der Waals surface area contributed by atoms with Crippen molar-refractivity contribution in [2.45, 2.75) is 108 Å². The molecule has 41 heavy (non-hydrogen) atoms. The maximum absolute atomic E-state index is 13.2. The highest BCUT2D eigenvalue weighted by atomic mass is 16.1. The number of Topliss-reactive ketones (excluding diaryl/α,β-unsaturated/α-hetero) is 1. The van der Waals surface area contributed by atoms with Crippen LogP contribution in [0.2, 0.25) is 0 Å². The average molecular weight is 553 g/mol. The van der Waals surface area contributed by atoms with Crippen LogP contribution in [0.15, 0.2) is 72.8 Å². The lowest BCUT2D eigenvalue weighted by Crippen LogP contribution is -2.29. The summed E-state index contributed by atoms with van der Waals surface area (Å²) < 4.78 is 0. The van der Waals surface area contributed by atoms with Crippen LogP contribution in [0.25, 0.3) is 0 Å². The van der Waals surface area contributed by atoms with E-state index in [1.54, 1.807) is 0 Å². The molecule has 1 aliphatic heterocycles. The molecule has 1 heterocycles. The lowest BCUT2D eigenvalue weighted by atomic mass is 9.87. The predicted octanol–water partition coefficient (Wildman–Crippen LogP) is 7.70. The van der Waals surface area contributed by atoms with E-state index in [9.17, 15) is 9.59 Å². The molecule has 4 nitrogen and oxygen atoms in total. The molecule has 3 unspecified atom stereocenters. The zero-order valence-corrected chi connectivity index (χ0v) is 24.7. The second kappa shape index (κ2) is 15.3. The molecule has 4 heteroatoms. The molecule has 0 spiro atoms. The number of hydrogen-bond donors (Lipinski definition) is 2. The first-order valence-electron chi connectivity index (χ1n) is 16.2. The Morgan fingerprint density at radius 3 is 2.12 bits per heavy atom. The van der Waals surface area contributed by atoms with E-state index in [2.05, 4.69) is 53.1 Å². The summed E-state index contributed by atoms with van der Waals surface area (Å²) in [5.41, 5.74) is 4.78. The Morgan fingerprint density at radius 2 is 1.39 bits per heavy atom. The topological polar surface area (TPSA) is 58.2 Å². The van der Waals surface area contributed by atoms with E-state index < -0.39 is 0 Å². The number of carbonyl (C=O) groups is 2. The number of rotatable bonds is 9. The van der Waals surface area contributed by atoms with Gasteiger partial charge < -0.3 is 5.32 Å². The maximum Gasteiger partial charge on any atom is 0.224 e. The zero-order valence-electron chi connectivity index (χ0n) is 24.7. The fraction of sp³-hybridized carbons (Fsp3) is 0.514. The molecule has 0 aromatic heterocycles. The van der Waals surface area contributed by atoms with Gasteiger partial charge in [-0.1, -0.05) is 131 Å². The summed E-state index contributed by atoms with van der Waals surface area (Å²) in [4.78, 5) is 25.8. The van der Waals surface area contributed by atoms with Crippen molar-refractivity contribution in [3.8, 4) is 0 Å². The summed E-state index contributed by atoms with van der Waals surface area (Å²) in [6.07, 6.45) is 16.7. The van der Waals surface area contributed by atoms with Gasteiger partial charge in [0.05, 0.1) is 18.4 Å². The molecule has 1 saturated carbocycles. The first-order chi connectivity index (χ1) is 20.2. The third kappa shape index (κ3) is 8.52. The van der Waals surface area contributed by atoms with Crippen molar-refractivity contribution in [3.63, 3.8) is 0 Å². The minimum Gasteiger partial charge on any atom is -0.356 e. The Morgan fingerprint density at radius 1 is 0.756 bits per heavy atom. The van der Waals surface area contributed by atoms with Crippen LogP contribution >= 0.6 is 0 Å². The number of ketones is 1. The van der Waals surface area contributed by atoms with E-state index in [0.29, 0.717) is 18.7 Å². The number of benzene rings is 1. The van der Waals surface area contributed by atoms with E-state index in [0.717, 1.165) is 36.3 Å². The van der Waals surface area contributed by atoms with Gasteiger partial charge in [-0.2, -0.15) is 0 Å². The first-order valence-corrected chi connectivity index (χ1v) is 16.2. The van der Waals surface area contributed by atoms with Crippen LogP contribution in [0.1, 0.15) is 111 Å². The van der Waals surface area contributed by atoms with Gasteiger partial charge in [-0.05, 0) is 53.9 Å². The van der Waals surface area contributed by atoms with Crippen LogP contribution in [0.3, 0.4) is 0 Å². The molecule has 2 aromatic rings. The van der Waals surface area contributed by atoms with Crippen LogP contribution < -0.4 is 10.6 Å². The minimum absolute atomic E-state index is 0.0758. The third-order valence-electron chi connectivity index (χ3n) is 9.32. The molecule has 0 radical (unpaired) electrons. The molecule has 5 rings (SSSR count). The molecule has 3 atom stereocenters. The molecule has 2 bridgehead atoms. The minimum atomic E-state index is -0.112. The van der Waals surface area contributed by atoms with Crippen molar-refractivity contribution in [1.29, 1.82) is 0 Å². The standard InChI is InChI=1S/C37H48N2O2/c40-34(26-30-22-20-29(21-23-30)25-28-15-9-5-2-1-3-6-10-16-28)38-24-14-13-19-33-37(41)35-31-17-11-7-4-8-12-18-32(27-31)36(35)39-33/h4,7-8,11-12,17-18,20-23,27-28,33,35-36,39H,1-3,5-6,9-10,13-16,19,24-26H2,(H,38,40). The van der Waals surface area contributed by atoms with Gasteiger partial charge in [0.2, 0.25) is 5.91 Å². The molecule has 2 aliphatic carbocycles. The Hall–Kier alpha value is -2.98. The van der Waals surface area contributed by atoms with Gasteiger partial charge in [0.25, 0.3) is 0 Å². The van der Waals surface area contributed by atoms with Gasteiger partial charge in [0, 0.05) is 12.6 Å². The van der Waals surface area contributed by atoms with E-state index in [4.69, 9.17) is 0 Å². The summed E-state index contributed by atoms with van der Waals surface area (Å²) in [6.45, 7) is 0.655. The predicted molar refractivity (Wildman–Crippen MR) is 167 cm³/mol. The smallest absolute Gasteiger partial charge is 0.224 e. The highest BCUT2D eigenvalue weighted by Crippen LogP contribution is 2.43. The van der Waals surface area contributed by atoms with Crippen LogP contribution in [-0.2, 0) is 22.4 Å². The molecular formula is C37H48N2O2. The van der Waals surface area contributed by atoms with Gasteiger partial charge in [-0.15, -0.1) is 0 Å². The number of amides is 1. The van der Waals surface area contributed by atoms with E-state index >= 15 is 0 Å². The number of carbonyl (C=O) groups excluding carboxylic acids is 2. The molecule has 1 amide bonds. The Labute approximate surface area is 247 Å². The average Bonchev–Trinajstić information content (AvgIpc) is 3.48. The summed E-state index contributed by atoms with van der Waals surface area (Å²) in [5.74, 6) is 1.10. The second-order valence-electron chi connectivity index (χ2n) is 12.5. The number of unbranched alkanes of at least 4 members (excludes halogenated alkanes) is 1. The van der Waals surface area contributed by atoms with Crippen LogP contribution in [-0.4, -0.2) is 24.3 Å². The monoisotopic (exact) mass is 552 g/mol. The summed E-state index contributed by atoms with van der Waals surface area (Å²) in [7, 11) is 0. The van der Waals surface area contributed by atoms with Gasteiger partial charge in [-0.25, -0.2) is 0 Å². The highest BCUT2D eigenvalue weighted by molar-refractivity contribution is 5.94. The Bertz CT molecular complexity index is 1200. The van der Waals surface area contributed by atoms with Crippen molar-refractivity contribution in [1.82, 2.24) is 10.6 Å². The van der Waals surface area contributed by atoms with Gasteiger partial charge in [0.1, 0.15) is 0 Å². The molecular weight excluding hydrogens is 504 g/mol. The highest BCUT2D eigenvalue weighted by Gasteiger charge is 2.45. The number of nitrogens with one attached hydrogen (secondary N) is 2. The van der Waals surface area contributed by atoms with Crippen molar-refractivity contribution < 1.29 is 9.59 Å². The number of hydrogen-bond acceptors (Lipinski definition) is 3. The molecule has 2 fully saturated rings. The lowest BCUT2D eigenvalue weighted by Gasteiger charge is -2.18. The largest absolute Gasteiger partial charge is 0.356 e. The summed E-state index contributed by atoms with van der Waals surface area (Å²) >= 11 is 0. The van der Waals surface area contributed by atoms with Crippen molar-refractivity contribution >= 4 is 11.7 Å². The molecule has 1 saturated heterocycles. The zero-order chi connectivity index (χ0) is 28.3. The Balaban J connectivity index is 1.01. The number of fused-ring (bicyclic) bond motifs is 5. The molecule has 218 valence electrons. The fourth-order valence-electron chi connectivity index (χ4n) is 7.02. The third-order valence-corrected chi connectivity index (χ3v) is 9.32. The Kier molecular flexibility index (Phi) is 11.0. The van der Waals surface area contributed by atoms with E-state index in [-0.39, 0.29) is 23.9 Å². The van der Waals surface area contributed by atoms with E-state index in [1.807, 2.05) is 30.3 Å². The van der Waals surface area contributed by atoms with Crippen LogP contribution in [0.4, 0.5) is 0 Å². The normalized spacial score (nSPS) is 22.5. The quantitative estimate of drug-likeness (QED) is 0.313. The maximum atomic E-state index is 13.2. The molecule has 3 aliphatic rings. The van der Waals surface area contributed by atoms with E-state index in [1.165, 1.54) is 75.3 Å². The fourth-order valence-corrected chi connectivity index (χ4v) is 7.02. The molecule has 2 N–H and O–H groups in total. The van der Waals surface area contributed by atoms with Crippen molar-refractivity contribution in [3.05, 3.63) is 95.1 Å². The van der Waals surface area contributed by atoms with Gasteiger partial charge in [0.15, 0.2) is 5.78 Å². The van der Waals surface area contributed by atoms with Crippen LogP contribution in [0, 0.1) is 5.92 Å². The first kappa shape index (κ1) is 29.5. The van der Waals surface area contributed by atoms with Gasteiger partial charge in [-0.3, -0.25) is 14.9 Å². The second-order valence-corrected chi connectivity index (χ2v) is 12.5. The molecule has 2 aromatic carbocycles.